The van der Waals surface area contributed by atoms with E-state index in [0.717, 1.165) is 25.8 Å². The minimum atomic E-state index is -0.184. The van der Waals surface area contributed by atoms with Gasteiger partial charge in [-0.2, -0.15) is 0 Å². The predicted octanol–water partition coefficient (Wildman–Crippen LogP) is 1.04. The second kappa shape index (κ2) is 5.83. The average molecular weight is 242 g/mol. The molecule has 0 aromatic heterocycles. The van der Waals surface area contributed by atoms with Gasteiger partial charge in [-0.25, -0.2) is 0 Å². The molecule has 4 nitrogen and oxygen atoms in total. The molecule has 0 aromatic carbocycles. The normalized spacial score (nSPS) is 26.9. The molecule has 0 radical (unpaired) electrons. The maximum absolute atomic E-state index is 11.8. The number of aliphatic hydroxyl groups excluding tert-OH is 1. The lowest BCUT2D eigenvalue weighted by molar-refractivity contribution is -0.124. The summed E-state index contributed by atoms with van der Waals surface area (Å²) in [5.74, 6) is 0.547. The van der Waals surface area contributed by atoms with E-state index in [1.807, 2.05) is 27.7 Å². The van der Waals surface area contributed by atoms with Crippen molar-refractivity contribution in [1.29, 1.82) is 0 Å². The third-order valence-corrected chi connectivity index (χ3v) is 3.12. The third-order valence-electron chi connectivity index (χ3n) is 3.12. The summed E-state index contributed by atoms with van der Waals surface area (Å²) in [6.07, 6.45) is 2.68. The van der Waals surface area contributed by atoms with Crippen molar-refractivity contribution in [3.8, 4) is 0 Å². The van der Waals surface area contributed by atoms with E-state index in [2.05, 4.69) is 10.6 Å². The van der Waals surface area contributed by atoms with Crippen LogP contribution in [0.5, 0.6) is 0 Å². The van der Waals surface area contributed by atoms with E-state index in [9.17, 15) is 9.90 Å². The first-order chi connectivity index (χ1) is 7.78. The molecule has 1 aliphatic carbocycles. The van der Waals surface area contributed by atoms with Gasteiger partial charge in [-0.1, -0.05) is 0 Å². The van der Waals surface area contributed by atoms with Crippen molar-refractivity contribution in [3.63, 3.8) is 0 Å². The monoisotopic (exact) mass is 242 g/mol. The van der Waals surface area contributed by atoms with E-state index >= 15 is 0 Å². The smallest absolute Gasteiger partial charge is 0.237 e. The van der Waals surface area contributed by atoms with Crippen molar-refractivity contribution in [2.45, 2.75) is 64.6 Å². The van der Waals surface area contributed by atoms with E-state index in [-0.39, 0.29) is 23.6 Å². The van der Waals surface area contributed by atoms with Crippen LogP contribution in [0.2, 0.25) is 0 Å². The summed E-state index contributed by atoms with van der Waals surface area (Å²) in [6, 6.07) is -0.174. The van der Waals surface area contributed by atoms with Crippen molar-refractivity contribution in [2.75, 3.05) is 6.54 Å². The molecule has 0 aromatic rings. The fourth-order valence-corrected chi connectivity index (χ4v) is 2.15. The maximum atomic E-state index is 11.8. The summed E-state index contributed by atoms with van der Waals surface area (Å²) in [6.45, 7) is 8.63. The third kappa shape index (κ3) is 5.50. The summed E-state index contributed by atoms with van der Waals surface area (Å²) in [5, 5.41) is 15.6. The Kier molecular flexibility index (Phi) is 4.95. The molecule has 1 aliphatic rings. The van der Waals surface area contributed by atoms with Crippen LogP contribution in [0.15, 0.2) is 0 Å². The quantitative estimate of drug-likeness (QED) is 0.690. The second-order valence-corrected chi connectivity index (χ2v) is 6.20. The van der Waals surface area contributed by atoms with Gasteiger partial charge in [0.25, 0.3) is 0 Å². The molecule has 3 unspecified atom stereocenters. The topological polar surface area (TPSA) is 61.4 Å². The van der Waals surface area contributed by atoms with Gasteiger partial charge in [0, 0.05) is 5.54 Å². The van der Waals surface area contributed by atoms with Crippen molar-refractivity contribution in [1.82, 2.24) is 10.6 Å². The number of amides is 1. The highest BCUT2D eigenvalue weighted by Gasteiger charge is 2.24. The lowest BCUT2D eigenvalue weighted by Crippen LogP contribution is -2.50. The number of carbonyl (C=O) groups excluding carboxylic acids is 1. The van der Waals surface area contributed by atoms with Crippen molar-refractivity contribution < 1.29 is 9.90 Å². The Labute approximate surface area is 104 Å². The van der Waals surface area contributed by atoms with Crippen molar-refractivity contribution >= 4 is 5.91 Å². The second-order valence-electron chi connectivity index (χ2n) is 6.20. The van der Waals surface area contributed by atoms with Gasteiger partial charge in [0.15, 0.2) is 0 Å². The first kappa shape index (κ1) is 14.5. The molecule has 1 amide bonds. The zero-order valence-electron chi connectivity index (χ0n) is 11.4. The molecule has 3 N–H and O–H groups in total. The van der Waals surface area contributed by atoms with Gasteiger partial charge in [-0.05, 0) is 59.4 Å². The molecular weight excluding hydrogens is 216 g/mol. The van der Waals surface area contributed by atoms with E-state index in [1.165, 1.54) is 0 Å². The molecule has 0 bridgehead atoms. The summed E-state index contributed by atoms with van der Waals surface area (Å²) < 4.78 is 0. The lowest BCUT2D eigenvalue weighted by atomic mass is 10.1. The first-order valence-electron chi connectivity index (χ1n) is 6.51. The molecule has 0 heterocycles. The minimum absolute atomic E-state index is 0.0380. The molecular formula is C13H26N2O2. The van der Waals surface area contributed by atoms with E-state index in [0.29, 0.717) is 5.92 Å². The Morgan fingerprint density at radius 2 is 2.06 bits per heavy atom. The van der Waals surface area contributed by atoms with Crippen LogP contribution < -0.4 is 10.6 Å². The van der Waals surface area contributed by atoms with Gasteiger partial charge in [0.1, 0.15) is 0 Å². The molecule has 1 fully saturated rings. The van der Waals surface area contributed by atoms with E-state index in [4.69, 9.17) is 0 Å². The van der Waals surface area contributed by atoms with Crippen LogP contribution in [-0.4, -0.2) is 35.2 Å². The van der Waals surface area contributed by atoms with Gasteiger partial charge < -0.3 is 15.7 Å². The number of aliphatic hydroxyl groups is 1. The zero-order chi connectivity index (χ0) is 13.1. The molecule has 0 saturated heterocycles. The predicted molar refractivity (Wildman–Crippen MR) is 68.7 cm³/mol. The Morgan fingerprint density at radius 3 is 2.53 bits per heavy atom. The number of hydrogen-bond acceptors (Lipinski definition) is 3. The van der Waals surface area contributed by atoms with Crippen molar-refractivity contribution in [2.24, 2.45) is 5.92 Å². The van der Waals surface area contributed by atoms with Crippen LogP contribution in [-0.2, 0) is 4.79 Å². The van der Waals surface area contributed by atoms with Gasteiger partial charge in [0.05, 0.1) is 12.1 Å². The number of hydrogen-bond donors (Lipinski definition) is 3. The Balaban J connectivity index is 2.24. The fraction of sp³-hybridized carbons (Fsp3) is 0.923. The summed E-state index contributed by atoms with van der Waals surface area (Å²) in [5.41, 5.74) is -0.184. The molecule has 100 valence electrons. The average Bonchev–Trinajstić information content (AvgIpc) is 2.58. The van der Waals surface area contributed by atoms with Crippen molar-refractivity contribution in [3.05, 3.63) is 0 Å². The SMILES string of the molecule is CC(NCC1CCC(O)C1)C(=O)NC(C)(C)C. The first-order valence-corrected chi connectivity index (χ1v) is 6.51. The molecule has 1 saturated carbocycles. The van der Waals surface area contributed by atoms with Crippen LogP contribution in [0, 0.1) is 5.92 Å². The largest absolute Gasteiger partial charge is 0.393 e. The standard InChI is InChI=1S/C13H26N2O2/c1-9(12(17)15-13(2,3)4)14-8-10-5-6-11(16)7-10/h9-11,14,16H,5-8H2,1-4H3,(H,15,17). The highest BCUT2D eigenvalue weighted by molar-refractivity contribution is 5.81. The van der Waals surface area contributed by atoms with Crippen LogP contribution in [0.1, 0.15) is 47.0 Å². The number of nitrogens with one attached hydrogen (secondary N) is 2. The van der Waals surface area contributed by atoms with Crippen LogP contribution in [0.25, 0.3) is 0 Å². The van der Waals surface area contributed by atoms with Crippen LogP contribution in [0.4, 0.5) is 0 Å². The zero-order valence-corrected chi connectivity index (χ0v) is 11.4. The van der Waals surface area contributed by atoms with E-state index < -0.39 is 0 Å². The van der Waals surface area contributed by atoms with Gasteiger partial charge in [-0.3, -0.25) is 4.79 Å². The Hall–Kier alpha value is -0.610. The Bertz CT molecular complexity index is 261. The Morgan fingerprint density at radius 1 is 1.41 bits per heavy atom. The number of rotatable bonds is 4. The van der Waals surface area contributed by atoms with E-state index in [1.54, 1.807) is 0 Å². The molecule has 17 heavy (non-hydrogen) atoms. The fourth-order valence-electron chi connectivity index (χ4n) is 2.15. The summed E-state index contributed by atoms with van der Waals surface area (Å²) >= 11 is 0. The number of carbonyl (C=O) groups is 1. The maximum Gasteiger partial charge on any atom is 0.237 e. The highest BCUT2D eigenvalue weighted by Crippen LogP contribution is 2.24. The lowest BCUT2D eigenvalue weighted by Gasteiger charge is -2.24. The summed E-state index contributed by atoms with van der Waals surface area (Å²) in [7, 11) is 0. The van der Waals surface area contributed by atoms with Gasteiger partial charge in [0.2, 0.25) is 5.91 Å². The molecule has 0 aliphatic heterocycles. The minimum Gasteiger partial charge on any atom is -0.393 e. The summed E-state index contributed by atoms with van der Waals surface area (Å²) in [4.78, 5) is 11.8. The molecule has 4 heteroatoms. The molecule has 0 spiro atoms. The van der Waals surface area contributed by atoms with Gasteiger partial charge >= 0.3 is 0 Å². The van der Waals surface area contributed by atoms with Crippen LogP contribution in [0.3, 0.4) is 0 Å². The highest BCUT2D eigenvalue weighted by atomic mass is 16.3. The van der Waals surface area contributed by atoms with Crippen LogP contribution >= 0.6 is 0 Å². The molecule has 3 atom stereocenters. The van der Waals surface area contributed by atoms with Gasteiger partial charge in [-0.15, -0.1) is 0 Å². The molecule has 1 rings (SSSR count).